The smallest absolute Gasteiger partial charge is 0.250 e. The molecule has 0 unspecified atom stereocenters. The molecule has 2 rings (SSSR count). The van der Waals surface area contributed by atoms with E-state index in [-0.39, 0.29) is 5.57 Å². The van der Waals surface area contributed by atoms with Crippen molar-refractivity contribution < 1.29 is 4.79 Å². The van der Waals surface area contributed by atoms with Crippen LogP contribution in [-0.4, -0.2) is 5.91 Å². The molecule has 1 amide bonds. The summed E-state index contributed by atoms with van der Waals surface area (Å²) in [5, 5.41) is 9.34. The van der Waals surface area contributed by atoms with Crippen LogP contribution in [0.5, 0.6) is 0 Å². The first-order valence-electron chi connectivity index (χ1n) is 5.79. The quantitative estimate of drug-likeness (QED) is 0.515. The first-order valence-corrected chi connectivity index (χ1v) is 5.79. The van der Waals surface area contributed by atoms with Gasteiger partial charge < -0.3 is 5.73 Å². The lowest BCUT2D eigenvalue weighted by Crippen LogP contribution is -2.14. The van der Waals surface area contributed by atoms with Gasteiger partial charge >= 0.3 is 0 Å². The highest BCUT2D eigenvalue weighted by Gasteiger charge is 2.16. The highest BCUT2D eigenvalue weighted by atomic mass is 16.1. The summed E-state index contributed by atoms with van der Waals surface area (Å²) < 4.78 is 0. The molecule has 2 N–H and O–H groups in total. The lowest BCUT2D eigenvalue weighted by atomic mass is 9.95. The molecule has 0 heterocycles. The molecule has 0 aliphatic carbocycles. The fraction of sp³-hybridized carbons (Fsp3) is 0. The Morgan fingerprint density at radius 3 is 1.79 bits per heavy atom. The zero-order valence-electron chi connectivity index (χ0n) is 10.2. The van der Waals surface area contributed by atoms with Crippen LogP contribution in [-0.2, 0) is 4.79 Å². The Hall–Kier alpha value is -2.86. The minimum Gasteiger partial charge on any atom is -0.366 e. The van der Waals surface area contributed by atoms with Gasteiger partial charge in [0.25, 0.3) is 5.91 Å². The molecule has 2 aromatic carbocycles. The molecular formula is C16H12N2O. The van der Waals surface area contributed by atoms with Crippen molar-refractivity contribution in [3.63, 3.8) is 0 Å². The van der Waals surface area contributed by atoms with E-state index < -0.39 is 5.91 Å². The molecule has 19 heavy (non-hydrogen) atoms. The van der Waals surface area contributed by atoms with Gasteiger partial charge in [-0.15, -0.1) is 0 Å². The van der Waals surface area contributed by atoms with Gasteiger partial charge in [-0.05, 0) is 11.1 Å². The van der Waals surface area contributed by atoms with Crippen molar-refractivity contribution in [3.8, 4) is 6.07 Å². The van der Waals surface area contributed by atoms with E-state index in [1.807, 2.05) is 24.3 Å². The molecule has 0 atom stereocenters. The fourth-order valence-corrected chi connectivity index (χ4v) is 1.88. The van der Waals surface area contributed by atoms with Crippen LogP contribution < -0.4 is 5.73 Å². The van der Waals surface area contributed by atoms with Gasteiger partial charge in [-0.3, -0.25) is 4.79 Å². The van der Waals surface area contributed by atoms with E-state index in [1.165, 1.54) is 0 Å². The third kappa shape index (κ3) is 2.70. The molecule has 0 saturated carbocycles. The normalized spacial score (nSPS) is 11.3. The Bertz CT molecular complexity index is 652. The zero-order valence-corrected chi connectivity index (χ0v) is 10.2. The largest absolute Gasteiger partial charge is 0.366 e. The minimum absolute atomic E-state index is 0.245. The SMILES string of the molecule is N#C/C(=C(/C(N)=O)c1ccccc1)c1ccccc1. The molecule has 0 spiro atoms. The van der Waals surface area contributed by atoms with E-state index in [0.29, 0.717) is 16.7 Å². The van der Waals surface area contributed by atoms with Crippen molar-refractivity contribution in [1.82, 2.24) is 0 Å². The van der Waals surface area contributed by atoms with Crippen LogP contribution in [0.2, 0.25) is 0 Å². The molecule has 0 fully saturated rings. The molecule has 0 aliphatic heterocycles. The molecule has 0 bridgehead atoms. The second-order valence-corrected chi connectivity index (χ2v) is 3.96. The number of primary amides is 1. The summed E-state index contributed by atoms with van der Waals surface area (Å²) in [5.74, 6) is -0.605. The van der Waals surface area contributed by atoms with Crippen molar-refractivity contribution >= 4 is 17.1 Å². The number of nitrogens with two attached hydrogens (primary N) is 1. The monoisotopic (exact) mass is 248 g/mol. The average molecular weight is 248 g/mol. The second kappa shape index (κ2) is 5.65. The van der Waals surface area contributed by atoms with Crippen LogP contribution in [0.25, 0.3) is 11.1 Å². The zero-order chi connectivity index (χ0) is 13.7. The summed E-state index contributed by atoms with van der Waals surface area (Å²) in [6.45, 7) is 0. The van der Waals surface area contributed by atoms with E-state index in [0.717, 1.165) is 0 Å². The van der Waals surface area contributed by atoms with Crippen LogP contribution in [0.1, 0.15) is 11.1 Å². The van der Waals surface area contributed by atoms with Gasteiger partial charge in [0.2, 0.25) is 0 Å². The molecule has 0 radical (unpaired) electrons. The second-order valence-electron chi connectivity index (χ2n) is 3.96. The predicted molar refractivity (Wildman–Crippen MR) is 74.5 cm³/mol. The lowest BCUT2D eigenvalue weighted by molar-refractivity contribution is -0.112. The number of benzene rings is 2. The Morgan fingerprint density at radius 1 is 0.895 bits per heavy atom. The third-order valence-corrected chi connectivity index (χ3v) is 2.73. The van der Waals surface area contributed by atoms with Crippen LogP contribution >= 0.6 is 0 Å². The average Bonchev–Trinajstić information content (AvgIpc) is 2.46. The van der Waals surface area contributed by atoms with E-state index in [9.17, 15) is 10.1 Å². The van der Waals surface area contributed by atoms with Crippen LogP contribution in [0.3, 0.4) is 0 Å². The molecular weight excluding hydrogens is 236 g/mol. The van der Waals surface area contributed by atoms with Gasteiger partial charge in [0.15, 0.2) is 0 Å². The first-order chi connectivity index (χ1) is 9.24. The predicted octanol–water partition coefficient (Wildman–Crippen LogP) is 2.61. The van der Waals surface area contributed by atoms with Gasteiger partial charge in [-0.25, -0.2) is 0 Å². The number of nitrogens with zero attached hydrogens (tertiary/aromatic N) is 1. The van der Waals surface area contributed by atoms with Gasteiger partial charge in [-0.1, -0.05) is 60.7 Å². The maximum absolute atomic E-state index is 11.7. The molecule has 2 aromatic rings. The molecule has 3 nitrogen and oxygen atoms in total. The van der Waals surface area contributed by atoms with E-state index in [2.05, 4.69) is 6.07 Å². The van der Waals surface area contributed by atoms with Crippen LogP contribution in [0.4, 0.5) is 0 Å². The summed E-state index contributed by atoms with van der Waals surface area (Å²) in [7, 11) is 0. The molecule has 0 aliphatic rings. The Kier molecular flexibility index (Phi) is 3.75. The maximum Gasteiger partial charge on any atom is 0.250 e. The highest BCUT2D eigenvalue weighted by Crippen LogP contribution is 2.25. The fourth-order valence-electron chi connectivity index (χ4n) is 1.88. The van der Waals surface area contributed by atoms with E-state index in [1.54, 1.807) is 36.4 Å². The number of allylic oxidation sites excluding steroid dienone is 1. The highest BCUT2D eigenvalue weighted by molar-refractivity contribution is 6.28. The van der Waals surface area contributed by atoms with Crippen molar-refractivity contribution in [2.75, 3.05) is 0 Å². The molecule has 92 valence electrons. The maximum atomic E-state index is 11.7. The number of carbonyl (C=O) groups excluding carboxylic acids is 1. The number of rotatable bonds is 3. The van der Waals surface area contributed by atoms with Gasteiger partial charge in [0.05, 0.1) is 11.1 Å². The number of carbonyl (C=O) groups is 1. The minimum atomic E-state index is -0.605. The topological polar surface area (TPSA) is 66.9 Å². The summed E-state index contributed by atoms with van der Waals surface area (Å²) in [5.41, 5.74) is 7.30. The van der Waals surface area contributed by atoms with Crippen molar-refractivity contribution in [1.29, 1.82) is 5.26 Å². The number of hydrogen-bond donors (Lipinski definition) is 1. The Labute approximate surface area is 111 Å². The number of nitriles is 1. The van der Waals surface area contributed by atoms with Crippen molar-refractivity contribution in [3.05, 3.63) is 71.8 Å². The van der Waals surface area contributed by atoms with Crippen LogP contribution in [0, 0.1) is 11.3 Å². The third-order valence-electron chi connectivity index (χ3n) is 2.73. The number of amides is 1. The van der Waals surface area contributed by atoms with Gasteiger partial charge in [0.1, 0.15) is 6.07 Å². The standard InChI is InChI=1S/C16H12N2O/c17-11-14(12-7-3-1-4-8-12)15(16(18)19)13-9-5-2-6-10-13/h1-10H,(H2,18,19)/b15-14-. The van der Waals surface area contributed by atoms with Crippen molar-refractivity contribution in [2.45, 2.75) is 0 Å². The number of hydrogen-bond acceptors (Lipinski definition) is 2. The first kappa shape index (κ1) is 12.6. The van der Waals surface area contributed by atoms with E-state index >= 15 is 0 Å². The Balaban J connectivity index is 2.69. The summed E-state index contributed by atoms with van der Waals surface area (Å²) >= 11 is 0. The summed E-state index contributed by atoms with van der Waals surface area (Å²) in [6, 6.07) is 20.1. The molecule has 0 aromatic heterocycles. The van der Waals surface area contributed by atoms with Gasteiger partial charge in [0, 0.05) is 0 Å². The van der Waals surface area contributed by atoms with Crippen molar-refractivity contribution in [2.24, 2.45) is 5.73 Å². The Morgan fingerprint density at radius 2 is 1.37 bits per heavy atom. The van der Waals surface area contributed by atoms with E-state index in [4.69, 9.17) is 5.73 Å². The van der Waals surface area contributed by atoms with Crippen LogP contribution in [0.15, 0.2) is 60.7 Å². The molecule has 3 heteroatoms. The molecule has 0 saturated heterocycles. The lowest BCUT2D eigenvalue weighted by Gasteiger charge is -2.07. The summed E-state index contributed by atoms with van der Waals surface area (Å²) in [4.78, 5) is 11.7. The van der Waals surface area contributed by atoms with Gasteiger partial charge in [-0.2, -0.15) is 5.26 Å². The summed E-state index contributed by atoms with van der Waals surface area (Å²) in [6.07, 6.45) is 0.